The number of hydrogen-bond donors (Lipinski definition) is 0. The van der Waals surface area contributed by atoms with E-state index in [9.17, 15) is 4.79 Å². The molecule has 0 bridgehead atoms. The van der Waals surface area contributed by atoms with Gasteiger partial charge in [0.05, 0.1) is 23.3 Å². The maximum absolute atomic E-state index is 13.0. The minimum absolute atomic E-state index is 0.0448. The largest absolute Gasteiger partial charge is 0.440 e. The SMILES string of the molecule is Cn1cnc2cc(C(=O)N3CCC[C@H](c4nc5ccccc5o4)C3)ccc21. The van der Waals surface area contributed by atoms with Crippen molar-refractivity contribution in [3.8, 4) is 0 Å². The average molecular weight is 360 g/mol. The number of para-hydroxylation sites is 2. The molecular weight excluding hydrogens is 340 g/mol. The average Bonchev–Trinajstić information content (AvgIpc) is 3.31. The second-order valence-electron chi connectivity index (χ2n) is 7.17. The Bertz CT molecular complexity index is 1110. The highest BCUT2D eigenvalue weighted by molar-refractivity contribution is 5.97. The molecule has 2 aromatic heterocycles. The first-order chi connectivity index (χ1) is 13.2. The Labute approximate surface area is 156 Å². The molecule has 0 saturated carbocycles. The van der Waals surface area contributed by atoms with Crippen LogP contribution >= 0.6 is 0 Å². The van der Waals surface area contributed by atoms with Gasteiger partial charge in [-0.2, -0.15) is 0 Å². The summed E-state index contributed by atoms with van der Waals surface area (Å²) in [6.07, 6.45) is 3.69. The number of aryl methyl sites for hydroxylation is 1. The van der Waals surface area contributed by atoms with Crippen LogP contribution in [-0.4, -0.2) is 38.4 Å². The molecule has 1 aliphatic heterocycles. The number of nitrogens with zero attached hydrogens (tertiary/aromatic N) is 4. The van der Waals surface area contributed by atoms with Crippen molar-refractivity contribution in [1.29, 1.82) is 0 Å². The van der Waals surface area contributed by atoms with Gasteiger partial charge in [0, 0.05) is 25.7 Å². The van der Waals surface area contributed by atoms with Crippen molar-refractivity contribution in [1.82, 2.24) is 19.4 Å². The maximum Gasteiger partial charge on any atom is 0.253 e. The quantitative estimate of drug-likeness (QED) is 0.546. The lowest BCUT2D eigenvalue weighted by atomic mass is 9.97. The highest BCUT2D eigenvalue weighted by atomic mass is 16.3. The second-order valence-corrected chi connectivity index (χ2v) is 7.17. The standard InChI is InChI=1S/C21H20N4O2/c1-24-13-22-17-11-14(8-9-18(17)24)21(26)25-10-4-5-15(12-25)20-23-16-6-2-3-7-19(16)27-20/h2-3,6-9,11,13,15H,4-5,10,12H2,1H3/t15-/m0/s1. The van der Waals surface area contributed by atoms with Gasteiger partial charge in [-0.1, -0.05) is 12.1 Å². The Morgan fingerprint density at radius 1 is 1.19 bits per heavy atom. The fourth-order valence-electron chi connectivity index (χ4n) is 3.88. The molecule has 0 unspecified atom stereocenters. The van der Waals surface area contributed by atoms with Crippen molar-refractivity contribution in [2.45, 2.75) is 18.8 Å². The van der Waals surface area contributed by atoms with E-state index in [1.165, 1.54) is 0 Å². The highest BCUT2D eigenvalue weighted by Gasteiger charge is 2.28. The van der Waals surface area contributed by atoms with Crippen LogP contribution in [0.3, 0.4) is 0 Å². The van der Waals surface area contributed by atoms with E-state index in [1.54, 1.807) is 6.33 Å². The zero-order chi connectivity index (χ0) is 18.4. The number of amides is 1. The van der Waals surface area contributed by atoms with Crippen molar-refractivity contribution in [2.24, 2.45) is 7.05 Å². The minimum atomic E-state index is 0.0448. The molecule has 1 atom stereocenters. The van der Waals surface area contributed by atoms with E-state index < -0.39 is 0 Å². The van der Waals surface area contributed by atoms with E-state index in [0.29, 0.717) is 12.1 Å². The number of oxazole rings is 1. The third kappa shape index (κ3) is 2.77. The first-order valence-electron chi connectivity index (χ1n) is 9.25. The summed E-state index contributed by atoms with van der Waals surface area (Å²) in [5, 5.41) is 0. The summed E-state index contributed by atoms with van der Waals surface area (Å²) in [5.74, 6) is 0.908. The topological polar surface area (TPSA) is 64.2 Å². The van der Waals surface area contributed by atoms with E-state index in [4.69, 9.17) is 4.42 Å². The number of fused-ring (bicyclic) bond motifs is 2. The summed E-state index contributed by atoms with van der Waals surface area (Å²) in [5.41, 5.74) is 4.22. The van der Waals surface area contributed by atoms with Gasteiger partial charge < -0.3 is 13.9 Å². The van der Waals surface area contributed by atoms with E-state index in [2.05, 4.69) is 9.97 Å². The zero-order valence-electron chi connectivity index (χ0n) is 15.1. The molecule has 0 N–H and O–H groups in total. The van der Waals surface area contributed by atoms with Crippen LogP contribution in [0, 0.1) is 0 Å². The number of piperidine rings is 1. The van der Waals surface area contributed by atoms with E-state index in [0.717, 1.165) is 47.4 Å². The van der Waals surface area contributed by atoms with Gasteiger partial charge in [0.25, 0.3) is 5.91 Å². The third-order valence-corrected chi connectivity index (χ3v) is 5.34. The Balaban J connectivity index is 1.40. The van der Waals surface area contributed by atoms with Crippen molar-refractivity contribution in [3.63, 3.8) is 0 Å². The van der Waals surface area contributed by atoms with Crippen molar-refractivity contribution >= 4 is 28.0 Å². The molecule has 2 aromatic carbocycles. The minimum Gasteiger partial charge on any atom is -0.440 e. The van der Waals surface area contributed by atoms with Crippen LogP contribution in [0.2, 0.25) is 0 Å². The molecule has 5 rings (SSSR count). The number of carbonyl (C=O) groups excluding carboxylic acids is 1. The lowest BCUT2D eigenvalue weighted by molar-refractivity contribution is 0.0699. The molecule has 0 spiro atoms. The van der Waals surface area contributed by atoms with Gasteiger partial charge >= 0.3 is 0 Å². The summed E-state index contributed by atoms with van der Waals surface area (Å²) >= 11 is 0. The van der Waals surface area contributed by atoms with Crippen LogP contribution in [0.5, 0.6) is 0 Å². The number of imidazole rings is 1. The van der Waals surface area contributed by atoms with Crippen LogP contribution in [0.4, 0.5) is 0 Å². The van der Waals surface area contributed by atoms with Gasteiger partial charge in [-0.25, -0.2) is 9.97 Å². The first kappa shape index (κ1) is 16.1. The van der Waals surface area contributed by atoms with Gasteiger partial charge in [-0.3, -0.25) is 4.79 Å². The van der Waals surface area contributed by atoms with Crippen LogP contribution in [-0.2, 0) is 7.05 Å². The van der Waals surface area contributed by atoms with Gasteiger partial charge in [0.1, 0.15) is 5.52 Å². The first-order valence-corrected chi connectivity index (χ1v) is 9.25. The predicted octanol–water partition coefficient (Wildman–Crippen LogP) is 3.73. The molecule has 1 amide bonds. The lowest BCUT2D eigenvalue weighted by Gasteiger charge is -2.31. The molecule has 3 heterocycles. The molecule has 6 nitrogen and oxygen atoms in total. The maximum atomic E-state index is 13.0. The van der Waals surface area contributed by atoms with Crippen LogP contribution in [0.15, 0.2) is 53.2 Å². The lowest BCUT2D eigenvalue weighted by Crippen LogP contribution is -2.39. The molecule has 1 fully saturated rings. The van der Waals surface area contributed by atoms with Gasteiger partial charge in [-0.05, 0) is 43.2 Å². The van der Waals surface area contributed by atoms with Crippen LogP contribution in [0.1, 0.15) is 35.0 Å². The summed E-state index contributed by atoms with van der Waals surface area (Å²) < 4.78 is 7.89. The summed E-state index contributed by atoms with van der Waals surface area (Å²) in [7, 11) is 1.95. The van der Waals surface area contributed by atoms with Gasteiger partial charge in [-0.15, -0.1) is 0 Å². The fourth-order valence-corrected chi connectivity index (χ4v) is 3.88. The molecule has 136 valence electrons. The number of carbonyl (C=O) groups is 1. The molecule has 0 aliphatic carbocycles. The normalized spacial score (nSPS) is 17.7. The molecular formula is C21H20N4O2. The number of benzene rings is 2. The summed E-state index contributed by atoms with van der Waals surface area (Å²) in [6, 6.07) is 13.5. The van der Waals surface area contributed by atoms with E-state index in [1.807, 2.05) is 59.0 Å². The molecule has 0 radical (unpaired) electrons. The van der Waals surface area contributed by atoms with E-state index >= 15 is 0 Å². The zero-order valence-corrected chi connectivity index (χ0v) is 15.1. The van der Waals surface area contributed by atoms with E-state index in [-0.39, 0.29) is 11.8 Å². The van der Waals surface area contributed by atoms with Gasteiger partial charge in [0.15, 0.2) is 11.5 Å². The Morgan fingerprint density at radius 2 is 2.07 bits per heavy atom. The molecule has 6 heteroatoms. The third-order valence-electron chi connectivity index (χ3n) is 5.34. The summed E-state index contributed by atoms with van der Waals surface area (Å²) in [6.45, 7) is 1.39. The number of rotatable bonds is 2. The highest BCUT2D eigenvalue weighted by Crippen LogP contribution is 2.30. The van der Waals surface area contributed by atoms with Gasteiger partial charge in [0.2, 0.25) is 0 Å². The van der Waals surface area contributed by atoms with Crippen molar-refractivity contribution in [3.05, 3.63) is 60.2 Å². The molecule has 27 heavy (non-hydrogen) atoms. The predicted molar refractivity (Wildman–Crippen MR) is 103 cm³/mol. The Morgan fingerprint density at radius 3 is 2.96 bits per heavy atom. The monoisotopic (exact) mass is 360 g/mol. The molecule has 4 aromatic rings. The fraction of sp³-hybridized carbons (Fsp3) is 0.286. The number of aromatic nitrogens is 3. The molecule has 1 aliphatic rings. The number of hydrogen-bond acceptors (Lipinski definition) is 4. The Kier molecular flexibility index (Phi) is 3.70. The Hall–Kier alpha value is -3.15. The molecule has 1 saturated heterocycles. The van der Waals surface area contributed by atoms with Crippen LogP contribution < -0.4 is 0 Å². The van der Waals surface area contributed by atoms with Crippen molar-refractivity contribution in [2.75, 3.05) is 13.1 Å². The smallest absolute Gasteiger partial charge is 0.253 e. The summed E-state index contributed by atoms with van der Waals surface area (Å²) in [4.78, 5) is 23.9. The second kappa shape index (κ2) is 6.23. The van der Waals surface area contributed by atoms with Crippen molar-refractivity contribution < 1.29 is 9.21 Å². The van der Waals surface area contributed by atoms with Crippen LogP contribution in [0.25, 0.3) is 22.1 Å². The number of likely N-dealkylation sites (tertiary alicyclic amines) is 1.